The van der Waals surface area contributed by atoms with E-state index in [4.69, 9.17) is 11.6 Å². The van der Waals surface area contributed by atoms with E-state index in [1.165, 1.54) is 18.7 Å². The lowest BCUT2D eigenvalue weighted by molar-refractivity contribution is -0.114. The zero-order chi connectivity index (χ0) is 15.9. The van der Waals surface area contributed by atoms with E-state index < -0.39 is 0 Å². The molecular weight excluding hydrogens is 320 g/mol. The summed E-state index contributed by atoms with van der Waals surface area (Å²) in [6, 6.07) is 14.4. The van der Waals surface area contributed by atoms with Crippen molar-refractivity contribution in [2.45, 2.75) is 11.8 Å². The minimum atomic E-state index is -0.157. The molecular formula is C16H15ClN2O2S. The van der Waals surface area contributed by atoms with Gasteiger partial charge in [-0.3, -0.25) is 9.59 Å². The van der Waals surface area contributed by atoms with E-state index in [1.807, 2.05) is 18.2 Å². The lowest BCUT2D eigenvalue weighted by atomic mass is 10.3. The monoisotopic (exact) mass is 334 g/mol. The van der Waals surface area contributed by atoms with Crippen LogP contribution in [0.3, 0.4) is 0 Å². The maximum absolute atomic E-state index is 12.0. The molecule has 0 aliphatic heterocycles. The molecule has 0 saturated heterocycles. The van der Waals surface area contributed by atoms with Crippen molar-refractivity contribution in [3.05, 3.63) is 53.6 Å². The van der Waals surface area contributed by atoms with E-state index in [2.05, 4.69) is 10.6 Å². The molecule has 6 heteroatoms. The first-order chi connectivity index (χ1) is 10.6. The molecule has 2 N–H and O–H groups in total. The van der Waals surface area contributed by atoms with Gasteiger partial charge in [-0.05, 0) is 24.3 Å². The molecule has 0 aliphatic rings. The summed E-state index contributed by atoms with van der Waals surface area (Å²) >= 11 is 7.35. The molecule has 0 spiro atoms. The highest BCUT2D eigenvalue weighted by Crippen LogP contribution is 2.27. The molecule has 0 unspecified atom stereocenters. The number of benzene rings is 2. The molecule has 0 fully saturated rings. The Kier molecular flexibility index (Phi) is 5.86. The van der Waals surface area contributed by atoms with Gasteiger partial charge in [-0.2, -0.15) is 0 Å². The minimum Gasteiger partial charge on any atom is -0.325 e. The molecule has 2 aromatic rings. The van der Waals surface area contributed by atoms with E-state index in [9.17, 15) is 9.59 Å². The van der Waals surface area contributed by atoms with Crippen LogP contribution in [0.15, 0.2) is 53.4 Å². The van der Waals surface area contributed by atoms with Gasteiger partial charge in [0.05, 0.1) is 22.2 Å². The first-order valence-corrected chi connectivity index (χ1v) is 7.96. The summed E-state index contributed by atoms with van der Waals surface area (Å²) in [4.78, 5) is 24.0. The molecule has 2 amide bonds. The predicted octanol–water partition coefficient (Wildman–Crippen LogP) is 4.03. The second-order valence-electron chi connectivity index (χ2n) is 4.49. The van der Waals surface area contributed by atoms with Crippen molar-refractivity contribution in [1.82, 2.24) is 0 Å². The molecule has 114 valence electrons. The summed E-state index contributed by atoms with van der Waals surface area (Å²) in [5.74, 6) is -0.0775. The smallest absolute Gasteiger partial charge is 0.234 e. The lowest BCUT2D eigenvalue weighted by Gasteiger charge is -2.10. The normalized spacial score (nSPS) is 10.1. The first-order valence-electron chi connectivity index (χ1n) is 6.60. The van der Waals surface area contributed by atoms with Crippen molar-refractivity contribution in [1.29, 1.82) is 0 Å². The van der Waals surface area contributed by atoms with Crippen molar-refractivity contribution >= 4 is 46.6 Å². The number of carbonyl (C=O) groups is 2. The number of thioether (sulfide) groups is 1. The average molecular weight is 335 g/mol. The van der Waals surface area contributed by atoms with Crippen LogP contribution in [0.2, 0.25) is 5.02 Å². The summed E-state index contributed by atoms with van der Waals surface area (Å²) < 4.78 is 0. The third kappa shape index (κ3) is 4.79. The summed E-state index contributed by atoms with van der Waals surface area (Å²) in [7, 11) is 0. The van der Waals surface area contributed by atoms with Crippen LogP contribution < -0.4 is 10.6 Å². The van der Waals surface area contributed by atoms with Crippen LogP contribution in [-0.4, -0.2) is 17.6 Å². The molecule has 0 radical (unpaired) electrons. The highest BCUT2D eigenvalue weighted by Gasteiger charge is 2.09. The number of anilines is 2. The molecule has 0 saturated carbocycles. The Morgan fingerprint density at radius 3 is 2.32 bits per heavy atom. The summed E-state index contributed by atoms with van der Waals surface area (Å²) in [6.07, 6.45) is 0. The van der Waals surface area contributed by atoms with Gasteiger partial charge in [-0.1, -0.05) is 35.9 Å². The number of hydrogen-bond acceptors (Lipinski definition) is 3. The van der Waals surface area contributed by atoms with Crippen molar-refractivity contribution in [2.24, 2.45) is 0 Å². The van der Waals surface area contributed by atoms with Crippen LogP contribution in [0.5, 0.6) is 0 Å². The van der Waals surface area contributed by atoms with Crippen LogP contribution in [-0.2, 0) is 9.59 Å². The van der Waals surface area contributed by atoms with Crippen LogP contribution in [0.25, 0.3) is 0 Å². The van der Waals surface area contributed by atoms with E-state index >= 15 is 0 Å². The number of nitrogens with one attached hydrogen (secondary N) is 2. The molecule has 22 heavy (non-hydrogen) atoms. The highest BCUT2D eigenvalue weighted by molar-refractivity contribution is 8.00. The van der Waals surface area contributed by atoms with Gasteiger partial charge < -0.3 is 10.6 Å². The molecule has 2 rings (SSSR count). The van der Waals surface area contributed by atoms with E-state index in [-0.39, 0.29) is 17.6 Å². The highest BCUT2D eigenvalue weighted by atomic mass is 35.5. The molecule has 0 aromatic heterocycles. The summed E-state index contributed by atoms with van der Waals surface area (Å²) in [5, 5.41) is 6.00. The molecule has 2 aromatic carbocycles. The van der Waals surface area contributed by atoms with Gasteiger partial charge in [0, 0.05) is 11.8 Å². The van der Waals surface area contributed by atoms with Crippen LogP contribution in [0.4, 0.5) is 11.4 Å². The van der Waals surface area contributed by atoms with Crippen LogP contribution in [0, 0.1) is 0 Å². The fraction of sp³-hybridized carbons (Fsp3) is 0.125. The van der Waals surface area contributed by atoms with Gasteiger partial charge >= 0.3 is 0 Å². The zero-order valence-corrected chi connectivity index (χ0v) is 13.5. The lowest BCUT2D eigenvalue weighted by Crippen LogP contribution is -2.14. The van der Waals surface area contributed by atoms with E-state index in [0.29, 0.717) is 16.4 Å². The molecule has 0 aliphatic carbocycles. The largest absolute Gasteiger partial charge is 0.325 e. The van der Waals surface area contributed by atoms with Gasteiger partial charge in [0.1, 0.15) is 0 Å². The van der Waals surface area contributed by atoms with Crippen LogP contribution >= 0.6 is 23.4 Å². The molecule has 0 heterocycles. The molecule has 4 nitrogen and oxygen atoms in total. The molecule has 0 bridgehead atoms. The van der Waals surface area contributed by atoms with Crippen molar-refractivity contribution in [2.75, 3.05) is 16.4 Å². The maximum Gasteiger partial charge on any atom is 0.234 e. The Morgan fingerprint density at radius 1 is 1.00 bits per heavy atom. The van der Waals surface area contributed by atoms with Crippen molar-refractivity contribution in [3.8, 4) is 0 Å². The Labute approximate surface area is 138 Å². The Hall–Kier alpha value is -1.98. The van der Waals surface area contributed by atoms with Crippen molar-refractivity contribution < 1.29 is 9.59 Å². The Morgan fingerprint density at radius 2 is 1.64 bits per heavy atom. The fourth-order valence-electron chi connectivity index (χ4n) is 1.78. The van der Waals surface area contributed by atoms with Crippen molar-refractivity contribution in [3.63, 3.8) is 0 Å². The summed E-state index contributed by atoms with van der Waals surface area (Å²) in [6.45, 7) is 1.45. The zero-order valence-electron chi connectivity index (χ0n) is 11.9. The number of para-hydroxylation sites is 2. The second kappa shape index (κ2) is 7.87. The maximum atomic E-state index is 12.0. The standard InChI is InChI=1S/C16H15ClN2O2S/c1-11(20)18-14-8-4-5-9-15(14)22-10-16(21)19-13-7-3-2-6-12(13)17/h2-9H,10H2,1H3,(H,18,20)(H,19,21). The van der Waals surface area contributed by atoms with E-state index in [0.717, 1.165) is 4.90 Å². The Balaban J connectivity index is 1.97. The van der Waals surface area contributed by atoms with Crippen LogP contribution in [0.1, 0.15) is 6.92 Å². The first kappa shape index (κ1) is 16.4. The number of carbonyl (C=O) groups excluding carboxylic acids is 2. The van der Waals surface area contributed by atoms with Gasteiger partial charge in [-0.15, -0.1) is 11.8 Å². The third-order valence-corrected chi connectivity index (χ3v) is 4.11. The minimum absolute atomic E-state index is 0.145. The van der Waals surface area contributed by atoms with Gasteiger partial charge in [0.15, 0.2) is 0 Å². The molecule has 0 atom stereocenters. The van der Waals surface area contributed by atoms with Gasteiger partial charge in [-0.25, -0.2) is 0 Å². The quantitative estimate of drug-likeness (QED) is 0.812. The fourth-order valence-corrected chi connectivity index (χ4v) is 2.77. The number of amides is 2. The van der Waals surface area contributed by atoms with E-state index in [1.54, 1.807) is 30.3 Å². The predicted molar refractivity (Wildman–Crippen MR) is 91.6 cm³/mol. The summed E-state index contributed by atoms with van der Waals surface area (Å²) in [5.41, 5.74) is 1.29. The SMILES string of the molecule is CC(=O)Nc1ccccc1SCC(=O)Nc1ccccc1Cl. The Bertz CT molecular complexity index is 691. The van der Waals surface area contributed by atoms with Gasteiger partial charge in [0.2, 0.25) is 11.8 Å². The number of hydrogen-bond donors (Lipinski definition) is 2. The van der Waals surface area contributed by atoms with Gasteiger partial charge in [0.25, 0.3) is 0 Å². The average Bonchev–Trinajstić information content (AvgIpc) is 2.48. The number of halogens is 1. The second-order valence-corrected chi connectivity index (χ2v) is 5.92. The third-order valence-electron chi connectivity index (χ3n) is 2.70. The number of rotatable bonds is 5. The topological polar surface area (TPSA) is 58.2 Å².